The highest BCUT2D eigenvalue weighted by atomic mass is 16.5. The monoisotopic (exact) mass is 298 g/mol. The average molecular weight is 298 g/mol. The summed E-state index contributed by atoms with van der Waals surface area (Å²) in [6.45, 7) is 4.74. The van der Waals surface area contributed by atoms with E-state index in [1.807, 2.05) is 31.2 Å². The van der Waals surface area contributed by atoms with Gasteiger partial charge in [-0.3, -0.25) is 4.79 Å². The molecule has 2 rings (SSSR count). The summed E-state index contributed by atoms with van der Waals surface area (Å²) < 4.78 is 5.59. The SMILES string of the molecule is CCCCOc1ccc(C(=O)Nc2ccc(N)cc2C)cc1. The lowest BCUT2D eigenvalue weighted by Crippen LogP contribution is -2.12. The molecule has 4 heteroatoms. The highest BCUT2D eigenvalue weighted by Gasteiger charge is 2.08. The van der Waals surface area contributed by atoms with Crippen LogP contribution in [0.3, 0.4) is 0 Å². The fourth-order valence-electron chi connectivity index (χ4n) is 2.06. The summed E-state index contributed by atoms with van der Waals surface area (Å²) in [7, 11) is 0. The van der Waals surface area contributed by atoms with Gasteiger partial charge in [-0.25, -0.2) is 0 Å². The van der Waals surface area contributed by atoms with Crippen LogP contribution in [0.1, 0.15) is 35.7 Å². The van der Waals surface area contributed by atoms with Crippen molar-refractivity contribution in [3.8, 4) is 5.75 Å². The number of carbonyl (C=O) groups excluding carboxylic acids is 1. The third kappa shape index (κ3) is 4.25. The Hall–Kier alpha value is -2.49. The molecule has 0 heterocycles. The first-order valence-corrected chi connectivity index (χ1v) is 7.50. The van der Waals surface area contributed by atoms with E-state index in [9.17, 15) is 4.79 Å². The summed E-state index contributed by atoms with van der Waals surface area (Å²) >= 11 is 0. The Balaban J connectivity index is 2.00. The van der Waals surface area contributed by atoms with Gasteiger partial charge in [0.1, 0.15) is 5.75 Å². The molecule has 22 heavy (non-hydrogen) atoms. The second kappa shape index (κ2) is 7.50. The molecule has 0 aliphatic rings. The molecule has 116 valence electrons. The molecule has 0 radical (unpaired) electrons. The van der Waals surface area contributed by atoms with E-state index in [1.54, 1.807) is 18.2 Å². The van der Waals surface area contributed by atoms with Crippen LogP contribution in [0, 0.1) is 6.92 Å². The van der Waals surface area contributed by atoms with Crippen molar-refractivity contribution < 1.29 is 9.53 Å². The van der Waals surface area contributed by atoms with Gasteiger partial charge in [-0.15, -0.1) is 0 Å². The third-order valence-corrected chi connectivity index (χ3v) is 3.38. The standard InChI is InChI=1S/C18H22N2O2/c1-3-4-11-22-16-8-5-14(6-9-16)18(21)20-17-10-7-15(19)12-13(17)2/h5-10,12H,3-4,11,19H2,1-2H3,(H,20,21). The predicted octanol–water partition coefficient (Wildman–Crippen LogP) is 4.01. The number of aryl methyl sites for hydroxylation is 1. The van der Waals surface area contributed by atoms with Gasteiger partial charge < -0.3 is 15.8 Å². The number of rotatable bonds is 6. The second-order valence-electron chi connectivity index (χ2n) is 5.25. The fraction of sp³-hybridized carbons (Fsp3) is 0.278. The number of hydrogen-bond acceptors (Lipinski definition) is 3. The molecule has 2 aromatic rings. The van der Waals surface area contributed by atoms with Crippen molar-refractivity contribution >= 4 is 17.3 Å². The van der Waals surface area contributed by atoms with Crippen molar-refractivity contribution in [2.24, 2.45) is 0 Å². The van der Waals surface area contributed by atoms with Crippen LogP contribution >= 0.6 is 0 Å². The lowest BCUT2D eigenvalue weighted by molar-refractivity contribution is 0.102. The number of nitrogens with two attached hydrogens (primary N) is 1. The number of ether oxygens (including phenoxy) is 1. The maximum Gasteiger partial charge on any atom is 0.255 e. The predicted molar refractivity (Wildman–Crippen MR) is 90.4 cm³/mol. The number of benzene rings is 2. The van der Waals surface area contributed by atoms with E-state index in [-0.39, 0.29) is 5.91 Å². The van der Waals surface area contributed by atoms with Crippen LogP contribution < -0.4 is 15.8 Å². The zero-order valence-corrected chi connectivity index (χ0v) is 13.1. The van der Waals surface area contributed by atoms with Crippen LogP contribution in [-0.2, 0) is 0 Å². The Bertz CT molecular complexity index is 636. The zero-order chi connectivity index (χ0) is 15.9. The molecular weight excluding hydrogens is 276 g/mol. The highest BCUT2D eigenvalue weighted by Crippen LogP contribution is 2.19. The van der Waals surface area contributed by atoms with Gasteiger partial charge in [0.25, 0.3) is 5.91 Å². The van der Waals surface area contributed by atoms with Crippen LogP contribution in [0.5, 0.6) is 5.75 Å². The van der Waals surface area contributed by atoms with Gasteiger partial charge in [0.05, 0.1) is 6.61 Å². The summed E-state index contributed by atoms with van der Waals surface area (Å²) in [6.07, 6.45) is 2.13. The second-order valence-corrected chi connectivity index (χ2v) is 5.25. The van der Waals surface area contributed by atoms with Gasteiger partial charge in [0.15, 0.2) is 0 Å². The van der Waals surface area contributed by atoms with E-state index < -0.39 is 0 Å². The number of hydrogen-bond donors (Lipinski definition) is 2. The molecule has 4 nitrogen and oxygen atoms in total. The Morgan fingerprint density at radius 2 is 1.91 bits per heavy atom. The first-order valence-electron chi connectivity index (χ1n) is 7.50. The van der Waals surface area contributed by atoms with Crippen LogP contribution in [0.15, 0.2) is 42.5 Å². The van der Waals surface area contributed by atoms with E-state index in [1.165, 1.54) is 0 Å². The quantitative estimate of drug-likeness (QED) is 0.625. The summed E-state index contributed by atoms with van der Waals surface area (Å²) in [5, 5.41) is 2.89. The molecule has 3 N–H and O–H groups in total. The van der Waals surface area contributed by atoms with Crippen LogP contribution in [0.25, 0.3) is 0 Å². The van der Waals surface area contributed by atoms with Crippen LogP contribution in [0.4, 0.5) is 11.4 Å². The third-order valence-electron chi connectivity index (χ3n) is 3.38. The molecule has 0 unspecified atom stereocenters. The smallest absolute Gasteiger partial charge is 0.255 e. The first-order chi connectivity index (χ1) is 10.6. The summed E-state index contributed by atoms with van der Waals surface area (Å²) in [6, 6.07) is 12.6. The van der Waals surface area contributed by atoms with Gasteiger partial charge in [0, 0.05) is 16.9 Å². The molecule has 0 saturated heterocycles. The average Bonchev–Trinajstić information content (AvgIpc) is 2.51. The molecule has 0 aliphatic carbocycles. The van der Waals surface area contributed by atoms with Gasteiger partial charge in [-0.05, 0) is 61.4 Å². The minimum absolute atomic E-state index is 0.145. The maximum absolute atomic E-state index is 12.2. The Labute approximate surface area is 131 Å². The number of amides is 1. The summed E-state index contributed by atoms with van der Waals surface area (Å²) in [5.41, 5.74) is 8.69. The van der Waals surface area contributed by atoms with Crippen molar-refractivity contribution in [3.63, 3.8) is 0 Å². The number of unbranched alkanes of at least 4 members (excludes halogenated alkanes) is 1. The first kappa shape index (κ1) is 15.9. The van der Waals surface area contributed by atoms with Crippen molar-refractivity contribution in [2.45, 2.75) is 26.7 Å². The number of anilines is 2. The minimum Gasteiger partial charge on any atom is -0.494 e. The highest BCUT2D eigenvalue weighted by molar-refractivity contribution is 6.04. The molecule has 0 saturated carbocycles. The van der Waals surface area contributed by atoms with Crippen molar-refractivity contribution in [1.82, 2.24) is 0 Å². The largest absolute Gasteiger partial charge is 0.494 e. The molecule has 2 aromatic carbocycles. The molecule has 0 bridgehead atoms. The van der Waals surface area contributed by atoms with Crippen molar-refractivity contribution in [3.05, 3.63) is 53.6 Å². The molecule has 0 atom stereocenters. The van der Waals surface area contributed by atoms with Gasteiger partial charge in [-0.1, -0.05) is 13.3 Å². The topological polar surface area (TPSA) is 64.3 Å². The lowest BCUT2D eigenvalue weighted by Gasteiger charge is -2.10. The molecule has 0 fully saturated rings. The Morgan fingerprint density at radius 3 is 2.55 bits per heavy atom. The Kier molecular flexibility index (Phi) is 5.42. The zero-order valence-electron chi connectivity index (χ0n) is 13.1. The van der Waals surface area contributed by atoms with E-state index in [0.717, 1.165) is 29.8 Å². The number of nitrogen functional groups attached to an aromatic ring is 1. The van der Waals surface area contributed by atoms with Crippen LogP contribution in [-0.4, -0.2) is 12.5 Å². The van der Waals surface area contributed by atoms with Crippen molar-refractivity contribution in [2.75, 3.05) is 17.7 Å². The van der Waals surface area contributed by atoms with E-state index in [2.05, 4.69) is 12.2 Å². The summed E-state index contributed by atoms with van der Waals surface area (Å²) in [4.78, 5) is 12.2. The van der Waals surface area contributed by atoms with E-state index >= 15 is 0 Å². The molecule has 0 aromatic heterocycles. The van der Waals surface area contributed by atoms with Crippen LogP contribution in [0.2, 0.25) is 0 Å². The molecule has 0 spiro atoms. The van der Waals surface area contributed by atoms with E-state index in [0.29, 0.717) is 17.9 Å². The molecule has 1 amide bonds. The van der Waals surface area contributed by atoms with E-state index in [4.69, 9.17) is 10.5 Å². The molecular formula is C18H22N2O2. The fourth-order valence-corrected chi connectivity index (χ4v) is 2.06. The minimum atomic E-state index is -0.145. The normalized spacial score (nSPS) is 10.3. The maximum atomic E-state index is 12.2. The molecule has 0 aliphatic heterocycles. The van der Waals surface area contributed by atoms with Crippen molar-refractivity contribution in [1.29, 1.82) is 0 Å². The van der Waals surface area contributed by atoms with Gasteiger partial charge >= 0.3 is 0 Å². The van der Waals surface area contributed by atoms with Gasteiger partial charge in [0.2, 0.25) is 0 Å². The summed E-state index contributed by atoms with van der Waals surface area (Å²) in [5.74, 6) is 0.640. The number of nitrogens with one attached hydrogen (secondary N) is 1. The van der Waals surface area contributed by atoms with Gasteiger partial charge in [-0.2, -0.15) is 0 Å². The Morgan fingerprint density at radius 1 is 1.18 bits per heavy atom. The number of carbonyl (C=O) groups is 1. The lowest BCUT2D eigenvalue weighted by atomic mass is 10.1.